The number of pyridine rings is 1. The number of nitrogens with one attached hydrogen (secondary N) is 1. The number of nitriles is 1. The highest BCUT2D eigenvalue weighted by atomic mass is 19.1. The van der Waals surface area contributed by atoms with Gasteiger partial charge in [0, 0.05) is 37.1 Å². The van der Waals surface area contributed by atoms with Crippen LogP contribution >= 0.6 is 0 Å². The van der Waals surface area contributed by atoms with Crippen LogP contribution in [0.4, 0.5) is 10.1 Å². The number of primary amides is 1. The molecule has 2 aromatic carbocycles. The molecule has 164 valence electrons. The first-order valence-electron chi connectivity index (χ1n) is 10.4. The number of nitrogens with two attached hydrogens (primary N) is 2. The molecule has 8 nitrogen and oxygen atoms in total. The summed E-state index contributed by atoms with van der Waals surface area (Å²) in [5.74, 6) is -0.969. The summed E-state index contributed by atoms with van der Waals surface area (Å²) in [5, 5.41) is 9.37. The molecule has 2 atom stereocenters. The number of hydrogen-bond acceptors (Lipinski definition) is 6. The molecular weight excluding hydrogens is 421 g/mol. The smallest absolute Gasteiger partial charge is 0.223 e. The highest BCUT2D eigenvalue weighted by molar-refractivity contribution is 5.92. The maximum atomic E-state index is 14.3. The lowest BCUT2D eigenvalue weighted by Gasteiger charge is -2.24. The van der Waals surface area contributed by atoms with Crippen molar-refractivity contribution in [2.45, 2.75) is 6.04 Å². The van der Waals surface area contributed by atoms with Crippen LogP contribution in [0.15, 0.2) is 54.9 Å². The van der Waals surface area contributed by atoms with Crippen LogP contribution in [0, 0.1) is 23.1 Å². The van der Waals surface area contributed by atoms with Gasteiger partial charge in [0.1, 0.15) is 11.3 Å². The van der Waals surface area contributed by atoms with E-state index in [0.717, 1.165) is 16.8 Å². The number of carbonyl (C=O) groups is 1. The second kappa shape index (κ2) is 8.00. The standard InChI is InChI=1S/C24H20FN7O/c25-18-5-2-6-20-21(18)31-24(30-20)16-10-29-9-15(14-4-1-3-13(7-14)8-26)22(16)32-11-17(23(28)33)19(27)12-32/h1-7,9-10,17,19H,11-12,27H2,(H2,28,33)(H,30,31)/t17?,19-/m1/s1. The summed E-state index contributed by atoms with van der Waals surface area (Å²) in [5.41, 5.74) is 16.0. The van der Waals surface area contributed by atoms with E-state index in [4.69, 9.17) is 11.5 Å². The number of imidazole rings is 1. The number of fused-ring (bicyclic) bond motifs is 1. The third-order valence-corrected chi connectivity index (χ3v) is 5.99. The first-order chi connectivity index (χ1) is 16.0. The predicted octanol–water partition coefficient (Wildman–Crippen LogP) is 2.55. The van der Waals surface area contributed by atoms with E-state index in [0.29, 0.717) is 35.6 Å². The third kappa shape index (κ3) is 3.56. The number of H-pyrrole nitrogens is 1. The maximum Gasteiger partial charge on any atom is 0.223 e. The summed E-state index contributed by atoms with van der Waals surface area (Å²) in [6.07, 6.45) is 3.34. The third-order valence-electron chi connectivity index (χ3n) is 5.99. The number of nitrogens with zero attached hydrogens (tertiary/aromatic N) is 4. The van der Waals surface area contributed by atoms with Gasteiger partial charge in [0.15, 0.2) is 5.82 Å². The molecule has 0 saturated carbocycles. The van der Waals surface area contributed by atoms with E-state index < -0.39 is 23.7 Å². The molecule has 33 heavy (non-hydrogen) atoms. The number of aromatic amines is 1. The highest BCUT2D eigenvalue weighted by Crippen LogP contribution is 2.40. The van der Waals surface area contributed by atoms with Crippen molar-refractivity contribution < 1.29 is 9.18 Å². The lowest BCUT2D eigenvalue weighted by Crippen LogP contribution is -2.37. The molecule has 2 aromatic heterocycles. The van der Waals surface area contributed by atoms with Crippen molar-refractivity contribution in [3.8, 4) is 28.6 Å². The Bertz CT molecular complexity index is 1420. The zero-order chi connectivity index (χ0) is 23.1. The Morgan fingerprint density at radius 2 is 1.97 bits per heavy atom. The van der Waals surface area contributed by atoms with E-state index in [1.165, 1.54) is 6.07 Å². The first kappa shape index (κ1) is 20.6. The van der Waals surface area contributed by atoms with Crippen LogP contribution in [0.3, 0.4) is 0 Å². The summed E-state index contributed by atoms with van der Waals surface area (Å²) >= 11 is 0. The van der Waals surface area contributed by atoms with E-state index in [2.05, 4.69) is 21.0 Å². The molecule has 1 amide bonds. The average Bonchev–Trinajstić information content (AvgIpc) is 3.43. The molecular formula is C24H20FN7O. The predicted molar refractivity (Wildman–Crippen MR) is 122 cm³/mol. The molecule has 9 heteroatoms. The van der Waals surface area contributed by atoms with Crippen molar-refractivity contribution in [3.63, 3.8) is 0 Å². The lowest BCUT2D eigenvalue weighted by atomic mass is 10.00. The van der Waals surface area contributed by atoms with E-state index in [-0.39, 0.29) is 5.52 Å². The minimum absolute atomic E-state index is 0.225. The number of aromatic nitrogens is 3. The second-order valence-electron chi connectivity index (χ2n) is 8.07. The minimum atomic E-state index is -0.516. The molecule has 1 unspecified atom stereocenters. The Balaban J connectivity index is 1.73. The summed E-state index contributed by atoms with van der Waals surface area (Å²) in [7, 11) is 0. The van der Waals surface area contributed by atoms with Crippen molar-refractivity contribution in [3.05, 3.63) is 66.2 Å². The van der Waals surface area contributed by atoms with Crippen LogP contribution in [0.1, 0.15) is 5.56 Å². The van der Waals surface area contributed by atoms with Gasteiger partial charge in [-0.05, 0) is 29.8 Å². The molecule has 1 aliphatic heterocycles. The fraction of sp³-hybridized carbons (Fsp3) is 0.167. The Kier molecular flexibility index (Phi) is 4.99. The van der Waals surface area contributed by atoms with Crippen LogP contribution in [-0.2, 0) is 4.79 Å². The van der Waals surface area contributed by atoms with E-state index in [1.54, 1.807) is 42.7 Å². The molecule has 3 heterocycles. The van der Waals surface area contributed by atoms with Gasteiger partial charge in [0.2, 0.25) is 5.91 Å². The zero-order valence-electron chi connectivity index (χ0n) is 17.5. The number of amides is 1. The van der Waals surface area contributed by atoms with Crippen LogP contribution in [0.2, 0.25) is 0 Å². The Hall–Kier alpha value is -4.29. The van der Waals surface area contributed by atoms with Crippen LogP contribution in [0.25, 0.3) is 33.5 Å². The van der Waals surface area contributed by atoms with Crippen molar-refractivity contribution in [1.29, 1.82) is 5.26 Å². The number of hydrogen-bond donors (Lipinski definition) is 3. The van der Waals surface area contributed by atoms with Gasteiger partial charge in [-0.3, -0.25) is 9.78 Å². The van der Waals surface area contributed by atoms with Gasteiger partial charge in [0.05, 0.1) is 34.3 Å². The van der Waals surface area contributed by atoms with Gasteiger partial charge >= 0.3 is 0 Å². The fourth-order valence-electron chi connectivity index (χ4n) is 4.37. The molecule has 0 spiro atoms. The molecule has 0 aliphatic carbocycles. The van der Waals surface area contributed by atoms with Gasteiger partial charge in [-0.2, -0.15) is 5.26 Å². The summed E-state index contributed by atoms with van der Waals surface area (Å²) in [4.78, 5) is 26.0. The molecule has 1 aliphatic rings. The molecule has 1 fully saturated rings. The summed E-state index contributed by atoms with van der Waals surface area (Å²) in [6.45, 7) is 0.719. The fourth-order valence-corrected chi connectivity index (χ4v) is 4.37. The number of para-hydroxylation sites is 1. The Morgan fingerprint density at radius 3 is 2.70 bits per heavy atom. The van der Waals surface area contributed by atoms with Gasteiger partial charge < -0.3 is 21.4 Å². The summed E-state index contributed by atoms with van der Waals surface area (Å²) < 4.78 is 14.3. The van der Waals surface area contributed by atoms with Crippen molar-refractivity contribution in [2.24, 2.45) is 17.4 Å². The average molecular weight is 441 g/mol. The Labute approximate surface area is 188 Å². The number of benzene rings is 2. The largest absolute Gasteiger partial charge is 0.369 e. The zero-order valence-corrected chi connectivity index (χ0v) is 17.5. The molecule has 0 bridgehead atoms. The van der Waals surface area contributed by atoms with E-state index >= 15 is 0 Å². The number of anilines is 1. The van der Waals surface area contributed by atoms with Gasteiger partial charge in [0.25, 0.3) is 0 Å². The normalized spacial score (nSPS) is 17.9. The second-order valence-corrected chi connectivity index (χ2v) is 8.07. The number of halogens is 1. The highest BCUT2D eigenvalue weighted by Gasteiger charge is 2.36. The van der Waals surface area contributed by atoms with Gasteiger partial charge in [-0.15, -0.1) is 0 Å². The van der Waals surface area contributed by atoms with Gasteiger partial charge in [-0.25, -0.2) is 9.37 Å². The monoisotopic (exact) mass is 441 g/mol. The minimum Gasteiger partial charge on any atom is -0.369 e. The molecule has 5 rings (SSSR count). The quantitative estimate of drug-likeness (QED) is 0.445. The Morgan fingerprint density at radius 1 is 1.18 bits per heavy atom. The van der Waals surface area contributed by atoms with Gasteiger partial charge in [-0.1, -0.05) is 18.2 Å². The maximum absolute atomic E-state index is 14.3. The summed E-state index contributed by atoms with van der Waals surface area (Å²) in [6, 6.07) is 13.6. The van der Waals surface area contributed by atoms with Crippen molar-refractivity contribution in [2.75, 3.05) is 18.0 Å². The molecule has 0 radical (unpaired) electrons. The number of carbonyl (C=O) groups excluding carboxylic acids is 1. The van der Waals surface area contributed by atoms with Crippen LogP contribution in [-0.4, -0.2) is 40.0 Å². The van der Waals surface area contributed by atoms with E-state index in [1.807, 2.05) is 11.0 Å². The first-order valence-corrected chi connectivity index (χ1v) is 10.4. The number of rotatable bonds is 4. The topological polar surface area (TPSA) is 138 Å². The molecule has 4 aromatic rings. The van der Waals surface area contributed by atoms with Crippen LogP contribution in [0.5, 0.6) is 0 Å². The van der Waals surface area contributed by atoms with Crippen LogP contribution < -0.4 is 16.4 Å². The lowest BCUT2D eigenvalue weighted by molar-refractivity contribution is -0.121. The molecule has 1 saturated heterocycles. The SMILES string of the molecule is N#Cc1cccc(-c2cncc(-c3nc4c(F)cccc4[nH]3)c2N2CC(C(N)=O)[C@H](N)C2)c1. The van der Waals surface area contributed by atoms with Crippen molar-refractivity contribution in [1.82, 2.24) is 15.0 Å². The molecule has 5 N–H and O–H groups in total. The van der Waals surface area contributed by atoms with Crippen molar-refractivity contribution >= 4 is 22.6 Å². The van der Waals surface area contributed by atoms with E-state index in [9.17, 15) is 14.4 Å².